The van der Waals surface area contributed by atoms with Crippen LogP contribution >= 0.6 is 0 Å². The lowest BCUT2D eigenvalue weighted by atomic mass is 10.6. The minimum Gasteiger partial charge on any atom is -0.337 e. The molecule has 0 atom stereocenters. The van der Waals surface area contributed by atoms with Crippen LogP contribution in [-0.2, 0) is 10.0 Å². The third kappa shape index (κ3) is 5.42. The van der Waals surface area contributed by atoms with E-state index in [4.69, 9.17) is 5.14 Å². The van der Waals surface area contributed by atoms with Crippen LogP contribution in [0.2, 0.25) is 0 Å². The topological polar surface area (TPSA) is 101 Å². The summed E-state index contributed by atoms with van der Waals surface area (Å²) < 4.78 is 20.9. The molecule has 0 saturated heterocycles. The molecule has 0 heterocycles. The quantitative estimate of drug-likeness (QED) is 0.536. The van der Waals surface area contributed by atoms with E-state index in [1.807, 2.05) is 0 Å². The van der Waals surface area contributed by atoms with E-state index in [0.29, 0.717) is 0 Å². The smallest absolute Gasteiger partial charge is 0.315 e. The van der Waals surface area contributed by atoms with E-state index in [9.17, 15) is 13.2 Å². The molecule has 0 aromatic carbocycles. The van der Waals surface area contributed by atoms with Crippen molar-refractivity contribution in [3.8, 4) is 0 Å². The SMILES string of the molecule is NS(=O)(=O)CCNC(=O)NC1CC1. The Balaban J connectivity index is 2.07. The number of hydrogen-bond acceptors (Lipinski definition) is 3. The second kappa shape index (κ2) is 3.93. The summed E-state index contributed by atoms with van der Waals surface area (Å²) in [6, 6.07) is -0.0550. The Hall–Kier alpha value is -0.820. The molecule has 4 N–H and O–H groups in total. The predicted octanol–water partition coefficient (Wildman–Crippen LogP) is -1.26. The molecular weight excluding hydrogens is 194 g/mol. The van der Waals surface area contributed by atoms with Gasteiger partial charge in [0, 0.05) is 12.6 Å². The van der Waals surface area contributed by atoms with E-state index in [0.717, 1.165) is 12.8 Å². The molecule has 1 rings (SSSR count). The normalized spacial score (nSPS) is 16.7. The number of urea groups is 1. The molecule has 1 fully saturated rings. The van der Waals surface area contributed by atoms with Crippen molar-refractivity contribution in [1.82, 2.24) is 10.6 Å². The van der Waals surface area contributed by atoms with Crippen LogP contribution in [0.25, 0.3) is 0 Å². The molecule has 0 aromatic rings. The molecule has 0 aromatic heterocycles. The van der Waals surface area contributed by atoms with Crippen molar-refractivity contribution in [3.63, 3.8) is 0 Å². The molecule has 76 valence electrons. The zero-order valence-corrected chi connectivity index (χ0v) is 7.93. The molecule has 13 heavy (non-hydrogen) atoms. The van der Waals surface area contributed by atoms with Crippen LogP contribution in [0.4, 0.5) is 4.79 Å². The first kappa shape index (κ1) is 10.3. The number of sulfonamides is 1. The van der Waals surface area contributed by atoms with Crippen LogP contribution in [0.1, 0.15) is 12.8 Å². The average Bonchev–Trinajstić information content (AvgIpc) is 2.68. The molecule has 0 bridgehead atoms. The first-order chi connectivity index (χ1) is 5.97. The summed E-state index contributed by atoms with van der Waals surface area (Å²) in [7, 11) is -3.48. The van der Waals surface area contributed by atoms with Gasteiger partial charge in [-0.15, -0.1) is 0 Å². The van der Waals surface area contributed by atoms with E-state index in [1.54, 1.807) is 0 Å². The fraction of sp³-hybridized carbons (Fsp3) is 0.833. The maximum absolute atomic E-state index is 10.9. The molecule has 1 aliphatic rings. The zero-order chi connectivity index (χ0) is 9.90. The number of rotatable bonds is 4. The molecule has 1 aliphatic carbocycles. The summed E-state index contributed by atoms with van der Waals surface area (Å²) in [6.07, 6.45) is 2.01. The third-order valence-electron chi connectivity index (χ3n) is 1.58. The van der Waals surface area contributed by atoms with Gasteiger partial charge in [0.2, 0.25) is 10.0 Å². The fourth-order valence-electron chi connectivity index (χ4n) is 0.771. The average molecular weight is 207 g/mol. The second-order valence-electron chi connectivity index (χ2n) is 3.04. The minimum absolute atomic E-state index is 0.0530. The van der Waals surface area contributed by atoms with Crippen molar-refractivity contribution in [1.29, 1.82) is 0 Å². The number of primary sulfonamides is 1. The van der Waals surface area contributed by atoms with E-state index in [1.165, 1.54) is 0 Å². The summed E-state index contributed by atoms with van der Waals surface area (Å²) >= 11 is 0. The van der Waals surface area contributed by atoms with Crippen molar-refractivity contribution in [2.45, 2.75) is 18.9 Å². The van der Waals surface area contributed by atoms with Gasteiger partial charge in [0.25, 0.3) is 0 Å². The van der Waals surface area contributed by atoms with Crippen LogP contribution in [0, 0.1) is 0 Å². The van der Waals surface area contributed by atoms with E-state index in [-0.39, 0.29) is 24.4 Å². The van der Waals surface area contributed by atoms with Crippen molar-refractivity contribution in [2.24, 2.45) is 5.14 Å². The van der Waals surface area contributed by atoms with Crippen LogP contribution in [-0.4, -0.2) is 32.8 Å². The van der Waals surface area contributed by atoms with Crippen LogP contribution in [0.5, 0.6) is 0 Å². The van der Waals surface area contributed by atoms with Crippen molar-refractivity contribution in [3.05, 3.63) is 0 Å². The maximum atomic E-state index is 10.9. The van der Waals surface area contributed by atoms with E-state index in [2.05, 4.69) is 10.6 Å². The van der Waals surface area contributed by atoms with Gasteiger partial charge in [-0.3, -0.25) is 0 Å². The lowest BCUT2D eigenvalue weighted by Crippen LogP contribution is -2.39. The third-order valence-corrected chi connectivity index (χ3v) is 2.36. The molecular formula is C6H13N3O3S. The van der Waals surface area contributed by atoms with E-state index < -0.39 is 10.0 Å². The number of carbonyl (C=O) groups is 1. The predicted molar refractivity (Wildman–Crippen MR) is 47.5 cm³/mol. The lowest BCUT2D eigenvalue weighted by molar-refractivity contribution is 0.241. The molecule has 0 unspecified atom stereocenters. The highest BCUT2D eigenvalue weighted by molar-refractivity contribution is 7.89. The number of nitrogens with two attached hydrogens (primary N) is 1. The summed E-state index contributed by atoms with van der Waals surface area (Å²) in [5, 5.41) is 9.79. The first-order valence-corrected chi connectivity index (χ1v) is 5.74. The van der Waals surface area contributed by atoms with Gasteiger partial charge in [0.05, 0.1) is 5.75 Å². The van der Waals surface area contributed by atoms with Gasteiger partial charge in [0.1, 0.15) is 0 Å². The molecule has 0 aliphatic heterocycles. The van der Waals surface area contributed by atoms with Gasteiger partial charge in [-0.1, -0.05) is 0 Å². The van der Waals surface area contributed by atoms with E-state index >= 15 is 0 Å². The standard InChI is InChI=1S/C6H13N3O3S/c7-13(11,12)4-3-8-6(10)9-5-1-2-5/h5H,1-4H2,(H2,7,11,12)(H2,8,9,10). The summed E-state index contributed by atoms with van der Waals surface area (Å²) in [5.41, 5.74) is 0. The van der Waals surface area contributed by atoms with Crippen LogP contribution < -0.4 is 15.8 Å². The Labute approximate surface area is 76.9 Å². The molecule has 0 radical (unpaired) electrons. The van der Waals surface area contributed by atoms with Crippen LogP contribution in [0.15, 0.2) is 0 Å². The fourth-order valence-corrected chi connectivity index (χ4v) is 1.16. The highest BCUT2D eigenvalue weighted by atomic mass is 32.2. The molecule has 7 heteroatoms. The van der Waals surface area contributed by atoms with Crippen molar-refractivity contribution >= 4 is 16.1 Å². The summed E-state index contributed by atoms with van der Waals surface area (Å²) in [5.74, 6) is -0.231. The van der Waals surface area contributed by atoms with Gasteiger partial charge in [0.15, 0.2) is 0 Å². The number of hydrogen-bond donors (Lipinski definition) is 3. The summed E-state index contributed by atoms with van der Waals surface area (Å²) in [6.45, 7) is 0.0530. The Bertz CT molecular complexity index is 283. The Morgan fingerprint density at radius 1 is 1.46 bits per heavy atom. The number of amides is 2. The van der Waals surface area contributed by atoms with Crippen LogP contribution in [0.3, 0.4) is 0 Å². The zero-order valence-electron chi connectivity index (χ0n) is 7.12. The first-order valence-electron chi connectivity index (χ1n) is 4.02. The minimum atomic E-state index is -3.48. The Morgan fingerprint density at radius 2 is 2.08 bits per heavy atom. The maximum Gasteiger partial charge on any atom is 0.315 e. The Morgan fingerprint density at radius 3 is 2.54 bits per heavy atom. The van der Waals surface area contributed by atoms with Gasteiger partial charge in [-0.2, -0.15) is 0 Å². The number of carbonyl (C=O) groups excluding carboxylic acids is 1. The summed E-state index contributed by atoms with van der Waals surface area (Å²) in [4.78, 5) is 10.9. The van der Waals surface area contributed by atoms with Gasteiger partial charge in [-0.25, -0.2) is 18.4 Å². The Kier molecular flexibility index (Phi) is 3.10. The highest BCUT2D eigenvalue weighted by Crippen LogP contribution is 2.17. The molecule has 1 saturated carbocycles. The van der Waals surface area contributed by atoms with Crippen molar-refractivity contribution in [2.75, 3.05) is 12.3 Å². The number of nitrogens with one attached hydrogen (secondary N) is 2. The lowest BCUT2D eigenvalue weighted by Gasteiger charge is -2.04. The molecule has 2 amide bonds. The van der Waals surface area contributed by atoms with Gasteiger partial charge in [-0.05, 0) is 12.8 Å². The molecule has 6 nitrogen and oxygen atoms in total. The monoisotopic (exact) mass is 207 g/mol. The van der Waals surface area contributed by atoms with Gasteiger partial charge < -0.3 is 10.6 Å². The van der Waals surface area contributed by atoms with Gasteiger partial charge >= 0.3 is 6.03 Å². The van der Waals surface area contributed by atoms with Crippen molar-refractivity contribution < 1.29 is 13.2 Å². The largest absolute Gasteiger partial charge is 0.337 e. The highest BCUT2D eigenvalue weighted by Gasteiger charge is 2.22. The second-order valence-corrected chi connectivity index (χ2v) is 4.78. The molecule has 0 spiro atoms.